The first-order chi connectivity index (χ1) is 8.52. The van der Waals surface area contributed by atoms with E-state index < -0.39 is 0 Å². The number of aryl methyl sites for hydroxylation is 1. The highest BCUT2D eigenvalue weighted by Gasteiger charge is 2.35. The third-order valence-corrected chi connectivity index (χ3v) is 3.97. The first-order valence-electron chi connectivity index (χ1n) is 6.59. The maximum absolute atomic E-state index is 5.92. The lowest BCUT2D eigenvalue weighted by atomic mass is 9.73. The fraction of sp³-hybridized carbons (Fsp3) is 0.600. The summed E-state index contributed by atoms with van der Waals surface area (Å²) in [7, 11) is 6.01. The second-order valence-corrected chi connectivity index (χ2v) is 5.63. The first kappa shape index (κ1) is 13.4. The van der Waals surface area contributed by atoms with Gasteiger partial charge in [0.1, 0.15) is 5.75 Å². The predicted octanol–water partition coefficient (Wildman–Crippen LogP) is 2.34. The zero-order valence-corrected chi connectivity index (χ0v) is 11.8. The lowest BCUT2D eigenvalue weighted by Gasteiger charge is -2.42. The summed E-state index contributed by atoms with van der Waals surface area (Å²) >= 11 is 0. The monoisotopic (exact) mass is 248 g/mol. The van der Waals surface area contributed by atoms with Gasteiger partial charge in [0.15, 0.2) is 0 Å². The van der Waals surface area contributed by atoms with Crippen molar-refractivity contribution in [3.8, 4) is 5.75 Å². The van der Waals surface area contributed by atoms with Crippen molar-refractivity contribution in [3.05, 3.63) is 29.3 Å². The number of hydrogen-bond acceptors (Lipinski definition) is 3. The second-order valence-electron chi connectivity index (χ2n) is 5.63. The standard InChI is InChI=1S/C15H24N2O/c1-10-7-11(5-6-14(10)18-4)15(17(2)3)12-8-13(16)9-12/h5-7,12-13,15H,8-9,16H2,1-4H3. The van der Waals surface area contributed by atoms with Crippen molar-refractivity contribution in [2.75, 3.05) is 21.2 Å². The molecule has 1 aliphatic carbocycles. The normalized spacial score (nSPS) is 24.8. The van der Waals surface area contributed by atoms with Crippen LogP contribution >= 0.6 is 0 Å². The molecule has 1 aliphatic rings. The van der Waals surface area contributed by atoms with Crippen molar-refractivity contribution in [1.82, 2.24) is 4.90 Å². The Hall–Kier alpha value is -1.06. The van der Waals surface area contributed by atoms with Crippen LogP contribution in [0.3, 0.4) is 0 Å². The van der Waals surface area contributed by atoms with Crippen molar-refractivity contribution in [3.63, 3.8) is 0 Å². The quantitative estimate of drug-likeness (QED) is 0.889. The molecule has 0 radical (unpaired) electrons. The van der Waals surface area contributed by atoms with Gasteiger partial charge in [-0.05, 0) is 57.0 Å². The van der Waals surface area contributed by atoms with E-state index in [0.29, 0.717) is 18.0 Å². The molecule has 0 aliphatic heterocycles. The van der Waals surface area contributed by atoms with Gasteiger partial charge in [0.2, 0.25) is 0 Å². The van der Waals surface area contributed by atoms with Crippen LogP contribution in [0.2, 0.25) is 0 Å². The zero-order valence-electron chi connectivity index (χ0n) is 11.8. The lowest BCUT2D eigenvalue weighted by molar-refractivity contribution is 0.123. The minimum atomic E-state index is 0.400. The average Bonchev–Trinajstić information content (AvgIpc) is 2.27. The molecule has 18 heavy (non-hydrogen) atoms. The van der Waals surface area contributed by atoms with Crippen molar-refractivity contribution in [2.24, 2.45) is 11.7 Å². The summed E-state index contributed by atoms with van der Waals surface area (Å²) < 4.78 is 5.32. The molecule has 0 aromatic heterocycles. The van der Waals surface area contributed by atoms with Crippen LogP contribution in [0.4, 0.5) is 0 Å². The zero-order chi connectivity index (χ0) is 13.3. The fourth-order valence-electron chi connectivity index (χ4n) is 3.04. The molecule has 1 fully saturated rings. The first-order valence-corrected chi connectivity index (χ1v) is 6.59. The smallest absolute Gasteiger partial charge is 0.121 e. The maximum atomic E-state index is 5.92. The molecule has 3 heteroatoms. The molecule has 100 valence electrons. The summed E-state index contributed by atoms with van der Waals surface area (Å²) in [5.41, 5.74) is 8.49. The summed E-state index contributed by atoms with van der Waals surface area (Å²) in [6.45, 7) is 2.10. The van der Waals surface area contributed by atoms with E-state index in [4.69, 9.17) is 10.5 Å². The SMILES string of the molecule is COc1ccc(C(C2CC(N)C2)N(C)C)cc1C. The second kappa shape index (κ2) is 5.29. The van der Waals surface area contributed by atoms with Crippen LogP contribution in [-0.2, 0) is 0 Å². The summed E-state index contributed by atoms with van der Waals surface area (Å²) in [6.07, 6.45) is 2.27. The van der Waals surface area contributed by atoms with Crippen LogP contribution in [0.5, 0.6) is 5.75 Å². The van der Waals surface area contributed by atoms with Gasteiger partial charge in [-0.25, -0.2) is 0 Å². The number of methoxy groups -OCH3 is 1. The van der Waals surface area contributed by atoms with E-state index in [1.807, 2.05) is 0 Å². The molecule has 0 amide bonds. The van der Waals surface area contributed by atoms with Crippen molar-refractivity contribution in [1.29, 1.82) is 0 Å². The summed E-state index contributed by atoms with van der Waals surface area (Å²) in [4.78, 5) is 2.30. The van der Waals surface area contributed by atoms with Crippen molar-refractivity contribution < 1.29 is 4.74 Å². The molecular weight excluding hydrogens is 224 g/mol. The van der Waals surface area contributed by atoms with Crippen LogP contribution in [0.1, 0.15) is 30.0 Å². The Balaban J connectivity index is 2.23. The van der Waals surface area contributed by atoms with Crippen LogP contribution < -0.4 is 10.5 Å². The van der Waals surface area contributed by atoms with Crippen LogP contribution in [-0.4, -0.2) is 32.1 Å². The molecule has 1 unspecified atom stereocenters. The highest BCUT2D eigenvalue weighted by Crippen LogP contribution is 2.40. The van der Waals surface area contributed by atoms with Crippen LogP contribution in [0, 0.1) is 12.8 Å². The summed E-state index contributed by atoms with van der Waals surface area (Å²) in [5, 5.41) is 0. The molecule has 2 N–H and O–H groups in total. The van der Waals surface area contributed by atoms with Gasteiger partial charge in [-0.3, -0.25) is 0 Å². The van der Waals surface area contributed by atoms with Gasteiger partial charge in [-0.1, -0.05) is 12.1 Å². The Kier molecular flexibility index (Phi) is 3.93. The highest BCUT2D eigenvalue weighted by molar-refractivity contribution is 5.37. The summed E-state index contributed by atoms with van der Waals surface area (Å²) in [5.74, 6) is 1.64. The molecule has 1 aromatic rings. The highest BCUT2D eigenvalue weighted by atomic mass is 16.5. The van der Waals surface area contributed by atoms with E-state index in [9.17, 15) is 0 Å². The molecule has 3 nitrogen and oxygen atoms in total. The topological polar surface area (TPSA) is 38.5 Å². The van der Waals surface area contributed by atoms with Crippen molar-refractivity contribution in [2.45, 2.75) is 31.8 Å². The molecule has 2 rings (SSSR count). The van der Waals surface area contributed by atoms with Gasteiger partial charge in [0.25, 0.3) is 0 Å². The average molecular weight is 248 g/mol. The molecule has 0 bridgehead atoms. The molecule has 1 atom stereocenters. The Morgan fingerprint density at radius 3 is 2.44 bits per heavy atom. The van der Waals surface area contributed by atoms with Crippen LogP contribution in [0.15, 0.2) is 18.2 Å². The molecule has 0 spiro atoms. The fourth-order valence-corrected chi connectivity index (χ4v) is 3.04. The van der Waals surface area contributed by atoms with E-state index in [-0.39, 0.29) is 0 Å². The Morgan fingerprint density at radius 1 is 1.33 bits per heavy atom. The van der Waals surface area contributed by atoms with E-state index in [0.717, 1.165) is 18.6 Å². The van der Waals surface area contributed by atoms with Gasteiger partial charge in [0.05, 0.1) is 7.11 Å². The number of hydrogen-bond donors (Lipinski definition) is 1. The van der Waals surface area contributed by atoms with Crippen LogP contribution in [0.25, 0.3) is 0 Å². The predicted molar refractivity (Wildman–Crippen MR) is 74.9 cm³/mol. The van der Waals surface area contributed by atoms with E-state index >= 15 is 0 Å². The minimum absolute atomic E-state index is 0.400. The third-order valence-electron chi connectivity index (χ3n) is 3.97. The number of ether oxygens (including phenoxy) is 1. The van der Waals surface area contributed by atoms with Crippen molar-refractivity contribution >= 4 is 0 Å². The summed E-state index contributed by atoms with van der Waals surface area (Å²) in [6, 6.07) is 7.36. The van der Waals surface area contributed by atoms with E-state index in [1.54, 1.807) is 7.11 Å². The Labute approximate surface area is 110 Å². The van der Waals surface area contributed by atoms with Gasteiger partial charge in [0, 0.05) is 12.1 Å². The maximum Gasteiger partial charge on any atom is 0.121 e. The number of benzene rings is 1. The van der Waals surface area contributed by atoms with Gasteiger partial charge >= 0.3 is 0 Å². The van der Waals surface area contributed by atoms with E-state index in [2.05, 4.69) is 44.1 Å². The lowest BCUT2D eigenvalue weighted by Crippen LogP contribution is -2.43. The number of nitrogens with zero attached hydrogens (tertiary/aromatic N) is 1. The number of nitrogens with two attached hydrogens (primary N) is 1. The molecule has 1 aromatic carbocycles. The Morgan fingerprint density at radius 2 is 2.00 bits per heavy atom. The number of rotatable bonds is 4. The van der Waals surface area contributed by atoms with E-state index in [1.165, 1.54) is 11.1 Å². The molecule has 0 saturated heterocycles. The third kappa shape index (κ3) is 2.52. The molecular formula is C15H24N2O. The Bertz CT molecular complexity index is 411. The van der Waals surface area contributed by atoms with Gasteiger partial charge in [-0.15, -0.1) is 0 Å². The largest absolute Gasteiger partial charge is 0.496 e. The van der Waals surface area contributed by atoms with Gasteiger partial charge < -0.3 is 15.4 Å². The molecule has 0 heterocycles. The molecule has 1 saturated carbocycles. The van der Waals surface area contributed by atoms with Gasteiger partial charge in [-0.2, -0.15) is 0 Å². The minimum Gasteiger partial charge on any atom is -0.496 e.